The van der Waals surface area contributed by atoms with Crippen LogP contribution >= 0.6 is 0 Å². The molecule has 0 unspecified atom stereocenters. The van der Waals surface area contributed by atoms with E-state index in [1.54, 1.807) is 23.0 Å². The fourth-order valence-electron chi connectivity index (χ4n) is 3.53. The van der Waals surface area contributed by atoms with Crippen LogP contribution in [0.4, 0.5) is 0 Å². The van der Waals surface area contributed by atoms with Gasteiger partial charge in [-0.25, -0.2) is 4.68 Å². The van der Waals surface area contributed by atoms with Gasteiger partial charge < -0.3 is 5.32 Å². The summed E-state index contributed by atoms with van der Waals surface area (Å²) in [5.41, 5.74) is 4.31. The predicted molar refractivity (Wildman–Crippen MR) is 115 cm³/mol. The molecule has 4 rings (SSSR count). The van der Waals surface area contributed by atoms with E-state index >= 15 is 0 Å². The van der Waals surface area contributed by atoms with E-state index in [1.807, 2.05) is 36.5 Å². The van der Waals surface area contributed by atoms with Crippen molar-refractivity contribution in [3.8, 4) is 5.69 Å². The summed E-state index contributed by atoms with van der Waals surface area (Å²) in [6, 6.07) is 18.4. The first-order valence-electron chi connectivity index (χ1n) is 10.1. The Kier molecular flexibility index (Phi) is 6.17. The Hall–Kier alpha value is -3.18. The van der Waals surface area contributed by atoms with Gasteiger partial charge in [-0.2, -0.15) is 5.10 Å². The highest BCUT2D eigenvalue weighted by Gasteiger charge is 2.11. The summed E-state index contributed by atoms with van der Waals surface area (Å²) in [7, 11) is 0. The van der Waals surface area contributed by atoms with Gasteiger partial charge in [0.15, 0.2) is 0 Å². The fraction of sp³-hybridized carbons (Fsp3) is 0.250. The zero-order valence-electron chi connectivity index (χ0n) is 16.5. The molecule has 29 heavy (non-hydrogen) atoms. The zero-order chi connectivity index (χ0) is 19.9. The molecule has 0 aliphatic carbocycles. The molecule has 0 bridgehead atoms. The Balaban J connectivity index is 1.26. The minimum absolute atomic E-state index is 0.112. The Morgan fingerprint density at radius 2 is 1.72 bits per heavy atom. The summed E-state index contributed by atoms with van der Waals surface area (Å²) < 4.78 is 1.79. The molecule has 1 aromatic heterocycles. The monoisotopic (exact) mass is 386 g/mol. The minimum atomic E-state index is -0.112. The van der Waals surface area contributed by atoms with E-state index in [1.165, 1.54) is 31.5 Å². The molecule has 1 amide bonds. The van der Waals surface area contributed by atoms with Crippen LogP contribution in [0, 0.1) is 0 Å². The molecule has 2 aromatic carbocycles. The number of nitrogens with one attached hydrogen (secondary N) is 1. The number of benzene rings is 2. The smallest absolute Gasteiger partial charge is 0.244 e. The Morgan fingerprint density at radius 1 is 1.00 bits per heavy atom. The highest BCUT2D eigenvalue weighted by atomic mass is 16.1. The van der Waals surface area contributed by atoms with Crippen LogP contribution in [0.2, 0.25) is 0 Å². The van der Waals surface area contributed by atoms with Crippen molar-refractivity contribution in [3.63, 3.8) is 0 Å². The van der Waals surface area contributed by atoms with Crippen molar-refractivity contribution in [1.82, 2.24) is 20.0 Å². The van der Waals surface area contributed by atoms with Crippen LogP contribution in [-0.4, -0.2) is 33.7 Å². The maximum atomic E-state index is 12.1. The standard InChI is InChI=1S/C24H26N4O/c29-24(13-12-22-17-26-28(19-22)23-6-2-1-3-7-23)25-16-20-8-10-21(11-9-20)18-27-14-4-5-15-27/h1-3,6-13,17,19H,4-5,14-16,18H2,(H,25,29)/b13-12+. The average Bonchev–Trinajstić information content (AvgIpc) is 3.45. The summed E-state index contributed by atoms with van der Waals surface area (Å²) in [4.78, 5) is 14.6. The predicted octanol–water partition coefficient (Wildman–Crippen LogP) is 3.80. The van der Waals surface area contributed by atoms with Crippen molar-refractivity contribution in [1.29, 1.82) is 0 Å². The lowest BCUT2D eigenvalue weighted by molar-refractivity contribution is -0.116. The van der Waals surface area contributed by atoms with Crippen molar-refractivity contribution in [2.45, 2.75) is 25.9 Å². The lowest BCUT2D eigenvalue weighted by Crippen LogP contribution is -2.20. The molecular formula is C24H26N4O. The molecule has 2 heterocycles. The van der Waals surface area contributed by atoms with Crippen molar-refractivity contribution >= 4 is 12.0 Å². The second kappa shape index (κ2) is 9.34. The fourth-order valence-corrected chi connectivity index (χ4v) is 3.53. The molecular weight excluding hydrogens is 360 g/mol. The molecule has 1 aliphatic heterocycles. The number of carbonyl (C=O) groups excluding carboxylic acids is 1. The summed E-state index contributed by atoms with van der Waals surface area (Å²) >= 11 is 0. The largest absolute Gasteiger partial charge is 0.348 e. The number of aromatic nitrogens is 2. The van der Waals surface area contributed by atoms with E-state index in [0.717, 1.165) is 23.4 Å². The van der Waals surface area contributed by atoms with Crippen LogP contribution in [0.3, 0.4) is 0 Å². The van der Waals surface area contributed by atoms with Crippen LogP contribution in [0.1, 0.15) is 29.5 Å². The SMILES string of the molecule is O=C(/C=C/c1cnn(-c2ccccc2)c1)NCc1ccc(CN2CCCC2)cc1. The Bertz CT molecular complexity index is 954. The maximum Gasteiger partial charge on any atom is 0.244 e. The van der Waals surface area contributed by atoms with Gasteiger partial charge in [0.25, 0.3) is 0 Å². The van der Waals surface area contributed by atoms with Crippen LogP contribution in [0.15, 0.2) is 73.1 Å². The van der Waals surface area contributed by atoms with Gasteiger partial charge in [-0.05, 0) is 55.3 Å². The molecule has 0 spiro atoms. The number of hydrogen-bond donors (Lipinski definition) is 1. The van der Waals surface area contributed by atoms with Gasteiger partial charge >= 0.3 is 0 Å². The summed E-state index contributed by atoms with van der Waals surface area (Å²) in [6.45, 7) is 3.95. The van der Waals surface area contributed by atoms with E-state index in [4.69, 9.17) is 0 Å². The minimum Gasteiger partial charge on any atom is -0.348 e. The van der Waals surface area contributed by atoms with Crippen molar-refractivity contribution in [3.05, 3.63) is 89.8 Å². The quantitative estimate of drug-likeness (QED) is 0.629. The van der Waals surface area contributed by atoms with Crippen LogP contribution in [-0.2, 0) is 17.9 Å². The highest BCUT2D eigenvalue weighted by molar-refractivity contribution is 5.91. The number of rotatable bonds is 7. The van der Waals surface area contributed by atoms with Gasteiger partial charge in [0.05, 0.1) is 11.9 Å². The second-order valence-electron chi connectivity index (χ2n) is 7.40. The van der Waals surface area contributed by atoms with Crippen molar-refractivity contribution < 1.29 is 4.79 Å². The van der Waals surface area contributed by atoms with Crippen LogP contribution < -0.4 is 5.32 Å². The molecule has 1 fully saturated rings. The van der Waals surface area contributed by atoms with E-state index < -0.39 is 0 Å². The van der Waals surface area contributed by atoms with Gasteiger partial charge in [0, 0.05) is 30.9 Å². The van der Waals surface area contributed by atoms with Crippen LogP contribution in [0.5, 0.6) is 0 Å². The van der Waals surface area contributed by atoms with E-state index in [9.17, 15) is 4.79 Å². The number of carbonyl (C=O) groups is 1. The highest BCUT2D eigenvalue weighted by Crippen LogP contribution is 2.13. The van der Waals surface area contributed by atoms with E-state index in [0.29, 0.717) is 6.54 Å². The lowest BCUT2D eigenvalue weighted by atomic mass is 10.1. The van der Waals surface area contributed by atoms with Gasteiger partial charge in [0.2, 0.25) is 5.91 Å². The third-order valence-electron chi connectivity index (χ3n) is 5.15. The van der Waals surface area contributed by atoms with Crippen molar-refractivity contribution in [2.75, 3.05) is 13.1 Å². The summed E-state index contributed by atoms with van der Waals surface area (Å²) in [5.74, 6) is -0.112. The molecule has 3 aromatic rings. The topological polar surface area (TPSA) is 50.2 Å². The average molecular weight is 386 g/mol. The van der Waals surface area contributed by atoms with Gasteiger partial charge in [-0.15, -0.1) is 0 Å². The first-order chi connectivity index (χ1) is 14.3. The molecule has 1 aliphatic rings. The third-order valence-corrected chi connectivity index (χ3v) is 5.15. The maximum absolute atomic E-state index is 12.1. The number of para-hydroxylation sites is 1. The zero-order valence-corrected chi connectivity index (χ0v) is 16.5. The number of hydrogen-bond acceptors (Lipinski definition) is 3. The molecule has 148 valence electrons. The third kappa shape index (κ3) is 5.42. The van der Waals surface area contributed by atoms with E-state index in [-0.39, 0.29) is 5.91 Å². The number of likely N-dealkylation sites (tertiary alicyclic amines) is 1. The van der Waals surface area contributed by atoms with Crippen molar-refractivity contribution in [2.24, 2.45) is 0 Å². The first kappa shape index (κ1) is 19.2. The van der Waals surface area contributed by atoms with E-state index in [2.05, 4.69) is 39.6 Å². The Labute approximate surface area is 171 Å². The first-order valence-corrected chi connectivity index (χ1v) is 10.1. The molecule has 5 heteroatoms. The summed E-state index contributed by atoms with van der Waals surface area (Å²) in [5, 5.41) is 7.27. The Morgan fingerprint density at radius 3 is 2.48 bits per heavy atom. The number of nitrogens with zero attached hydrogens (tertiary/aromatic N) is 3. The lowest BCUT2D eigenvalue weighted by Gasteiger charge is -2.14. The summed E-state index contributed by atoms with van der Waals surface area (Å²) in [6.07, 6.45) is 9.60. The van der Waals surface area contributed by atoms with Gasteiger partial charge in [-0.3, -0.25) is 9.69 Å². The molecule has 1 saturated heterocycles. The van der Waals surface area contributed by atoms with Crippen LogP contribution in [0.25, 0.3) is 11.8 Å². The molecule has 1 N–H and O–H groups in total. The molecule has 0 atom stereocenters. The normalized spacial score (nSPS) is 14.5. The molecule has 0 saturated carbocycles. The molecule has 5 nitrogen and oxygen atoms in total. The second-order valence-corrected chi connectivity index (χ2v) is 7.40. The number of amides is 1. The van der Waals surface area contributed by atoms with Gasteiger partial charge in [-0.1, -0.05) is 42.5 Å². The van der Waals surface area contributed by atoms with Gasteiger partial charge in [0.1, 0.15) is 0 Å². The molecule has 0 radical (unpaired) electrons.